The van der Waals surface area contributed by atoms with E-state index in [2.05, 4.69) is 76.3 Å². The van der Waals surface area contributed by atoms with Gasteiger partial charge in [0.15, 0.2) is 0 Å². The average molecular weight is 412 g/mol. The SMILES string of the molecule is C=c1[nH]c(=O)c(=Cc2ncn(Cc3ccc(-c4ccccc4)cc3)c2C(C)C)[nH]c1=O. The maximum absolute atomic E-state index is 12.2. The van der Waals surface area contributed by atoms with Gasteiger partial charge in [-0.25, -0.2) is 4.98 Å². The van der Waals surface area contributed by atoms with E-state index in [4.69, 9.17) is 0 Å². The second-order valence-electron chi connectivity index (χ2n) is 7.81. The van der Waals surface area contributed by atoms with Gasteiger partial charge in [-0.2, -0.15) is 0 Å². The van der Waals surface area contributed by atoms with Gasteiger partial charge in [0.05, 0.1) is 17.4 Å². The second-order valence-corrected chi connectivity index (χ2v) is 7.81. The number of H-pyrrole nitrogens is 2. The molecule has 0 saturated carbocycles. The highest BCUT2D eigenvalue weighted by Gasteiger charge is 2.14. The number of aromatic amines is 2. The van der Waals surface area contributed by atoms with Crippen LogP contribution in [0.4, 0.5) is 0 Å². The minimum absolute atomic E-state index is 0.0377. The molecule has 2 aromatic heterocycles. The van der Waals surface area contributed by atoms with Crippen LogP contribution in [0.5, 0.6) is 0 Å². The summed E-state index contributed by atoms with van der Waals surface area (Å²) in [6, 6.07) is 18.7. The smallest absolute Gasteiger partial charge is 0.272 e. The van der Waals surface area contributed by atoms with Gasteiger partial charge in [0.2, 0.25) is 0 Å². The van der Waals surface area contributed by atoms with Gasteiger partial charge in [-0.15, -0.1) is 0 Å². The van der Waals surface area contributed by atoms with Crippen LogP contribution < -0.4 is 21.8 Å². The van der Waals surface area contributed by atoms with E-state index in [1.54, 1.807) is 12.4 Å². The van der Waals surface area contributed by atoms with E-state index in [9.17, 15) is 9.59 Å². The number of imidazole rings is 1. The van der Waals surface area contributed by atoms with Crippen molar-refractivity contribution in [3.8, 4) is 11.1 Å². The van der Waals surface area contributed by atoms with E-state index < -0.39 is 11.1 Å². The Morgan fingerprint density at radius 3 is 2.32 bits per heavy atom. The highest BCUT2D eigenvalue weighted by atomic mass is 16.1. The molecule has 4 aromatic rings. The molecular formula is C25H24N4O2. The van der Waals surface area contributed by atoms with Gasteiger partial charge < -0.3 is 14.5 Å². The van der Waals surface area contributed by atoms with Crippen LogP contribution in [-0.4, -0.2) is 19.5 Å². The monoisotopic (exact) mass is 412 g/mol. The summed E-state index contributed by atoms with van der Waals surface area (Å²) in [5.74, 6) is 0.176. The van der Waals surface area contributed by atoms with Gasteiger partial charge in [-0.05, 0) is 28.7 Å². The van der Waals surface area contributed by atoms with Crippen LogP contribution in [0, 0.1) is 0 Å². The van der Waals surface area contributed by atoms with Crippen LogP contribution in [0.1, 0.15) is 36.7 Å². The van der Waals surface area contributed by atoms with Crippen LogP contribution >= 0.6 is 0 Å². The molecule has 6 nitrogen and oxygen atoms in total. The molecule has 2 aromatic carbocycles. The van der Waals surface area contributed by atoms with Crippen molar-refractivity contribution in [3.05, 3.63) is 109 Å². The first-order valence-electron chi connectivity index (χ1n) is 10.1. The molecule has 6 heteroatoms. The lowest BCUT2D eigenvalue weighted by Crippen LogP contribution is -2.46. The van der Waals surface area contributed by atoms with Crippen LogP contribution in [0.3, 0.4) is 0 Å². The molecule has 0 aliphatic heterocycles. The molecule has 0 aliphatic carbocycles. The Balaban J connectivity index is 1.68. The Kier molecular flexibility index (Phi) is 5.54. The summed E-state index contributed by atoms with van der Waals surface area (Å²) < 4.78 is 2.08. The zero-order chi connectivity index (χ0) is 22.0. The number of benzene rings is 2. The van der Waals surface area contributed by atoms with Gasteiger partial charge in [0, 0.05) is 12.2 Å². The van der Waals surface area contributed by atoms with E-state index in [1.807, 2.05) is 18.2 Å². The van der Waals surface area contributed by atoms with Crippen molar-refractivity contribution in [1.82, 2.24) is 19.5 Å². The van der Waals surface area contributed by atoms with Crippen LogP contribution in [0.15, 0.2) is 70.5 Å². The van der Waals surface area contributed by atoms with Crippen molar-refractivity contribution in [2.45, 2.75) is 26.3 Å². The zero-order valence-corrected chi connectivity index (χ0v) is 17.6. The van der Waals surface area contributed by atoms with Crippen molar-refractivity contribution in [2.24, 2.45) is 0 Å². The molecule has 0 spiro atoms. The molecule has 2 heterocycles. The summed E-state index contributed by atoms with van der Waals surface area (Å²) in [6.45, 7) is 8.34. The van der Waals surface area contributed by atoms with Crippen molar-refractivity contribution < 1.29 is 0 Å². The topological polar surface area (TPSA) is 83.5 Å². The van der Waals surface area contributed by atoms with E-state index in [1.165, 1.54) is 11.1 Å². The predicted molar refractivity (Wildman–Crippen MR) is 123 cm³/mol. The first-order chi connectivity index (χ1) is 14.9. The summed E-state index contributed by atoms with van der Waals surface area (Å²) in [6.07, 6.45) is 3.39. The Hall–Kier alpha value is -3.93. The maximum atomic E-state index is 12.2. The third kappa shape index (κ3) is 4.33. The molecule has 0 aliphatic rings. The number of nitrogens with zero attached hydrogens (tertiary/aromatic N) is 2. The Bertz CT molecular complexity index is 1430. The summed E-state index contributed by atoms with van der Waals surface area (Å²) in [4.78, 5) is 33.6. The molecule has 0 unspecified atom stereocenters. The summed E-state index contributed by atoms with van der Waals surface area (Å²) in [5, 5.41) is 0.201. The van der Waals surface area contributed by atoms with Crippen LogP contribution in [0.2, 0.25) is 0 Å². The molecule has 0 fully saturated rings. The van der Waals surface area contributed by atoms with Crippen LogP contribution in [0.25, 0.3) is 23.8 Å². The van der Waals surface area contributed by atoms with Crippen molar-refractivity contribution >= 4 is 12.7 Å². The van der Waals surface area contributed by atoms with Crippen molar-refractivity contribution in [2.75, 3.05) is 0 Å². The highest BCUT2D eigenvalue weighted by molar-refractivity contribution is 5.63. The summed E-state index contributed by atoms with van der Waals surface area (Å²) >= 11 is 0. The van der Waals surface area contributed by atoms with Gasteiger partial charge in [-0.1, -0.05) is 75.0 Å². The van der Waals surface area contributed by atoms with Gasteiger partial charge in [-0.3, -0.25) is 9.59 Å². The molecular weight excluding hydrogens is 388 g/mol. The quantitative estimate of drug-likeness (QED) is 0.528. The standard InChI is InChI=1S/C25H24N4O2/c1-16(2)23-21(13-22-25(31)27-17(3)24(30)28-22)26-15-29(23)14-18-9-11-20(12-10-18)19-7-5-4-6-8-19/h4-13,15-16H,3,14H2,1-2H3,(H,27,31)(H,28,30). The number of rotatable bonds is 5. The summed E-state index contributed by atoms with van der Waals surface area (Å²) in [5.41, 5.74) is 4.34. The molecule has 0 saturated heterocycles. The average Bonchev–Trinajstić information content (AvgIpc) is 3.15. The number of hydrogen-bond acceptors (Lipinski definition) is 3. The fraction of sp³-hybridized carbons (Fsp3) is 0.160. The minimum Gasteiger partial charge on any atom is -0.329 e. The Morgan fingerprint density at radius 2 is 1.65 bits per heavy atom. The van der Waals surface area contributed by atoms with Gasteiger partial charge in [0.25, 0.3) is 11.1 Å². The van der Waals surface area contributed by atoms with Crippen molar-refractivity contribution in [1.29, 1.82) is 0 Å². The van der Waals surface area contributed by atoms with E-state index in [0.29, 0.717) is 12.2 Å². The second kappa shape index (κ2) is 8.44. The number of hydrogen-bond donors (Lipinski definition) is 2. The van der Waals surface area contributed by atoms with Gasteiger partial charge in [0.1, 0.15) is 5.35 Å². The summed E-state index contributed by atoms with van der Waals surface area (Å²) in [7, 11) is 0. The van der Waals surface area contributed by atoms with Crippen LogP contribution in [-0.2, 0) is 6.54 Å². The minimum atomic E-state index is -0.421. The first-order valence-corrected chi connectivity index (χ1v) is 10.1. The maximum Gasteiger partial charge on any atom is 0.272 e. The highest BCUT2D eigenvalue weighted by Crippen LogP contribution is 2.23. The normalized spacial score (nSPS) is 11.9. The van der Waals surface area contributed by atoms with E-state index in [0.717, 1.165) is 11.3 Å². The first kappa shape index (κ1) is 20.3. The fourth-order valence-electron chi connectivity index (χ4n) is 3.66. The lowest BCUT2D eigenvalue weighted by atomic mass is 10.0. The van der Waals surface area contributed by atoms with E-state index in [-0.39, 0.29) is 16.6 Å². The predicted octanol–water partition coefficient (Wildman–Crippen LogP) is 2.34. The molecule has 31 heavy (non-hydrogen) atoms. The lowest BCUT2D eigenvalue weighted by Gasteiger charge is -2.13. The van der Waals surface area contributed by atoms with Gasteiger partial charge >= 0.3 is 0 Å². The Labute approximate surface area is 179 Å². The molecule has 2 N–H and O–H groups in total. The number of aromatic nitrogens is 4. The van der Waals surface area contributed by atoms with Crippen molar-refractivity contribution in [3.63, 3.8) is 0 Å². The Morgan fingerprint density at radius 1 is 0.968 bits per heavy atom. The molecule has 0 radical (unpaired) electrons. The van der Waals surface area contributed by atoms with E-state index >= 15 is 0 Å². The third-order valence-corrected chi connectivity index (χ3v) is 5.18. The largest absolute Gasteiger partial charge is 0.329 e. The molecule has 0 bridgehead atoms. The molecule has 4 rings (SSSR count). The lowest BCUT2D eigenvalue weighted by molar-refractivity contribution is 0.690. The number of nitrogens with one attached hydrogen (secondary N) is 2. The zero-order valence-electron chi connectivity index (χ0n) is 17.6. The molecule has 0 atom stereocenters. The fourth-order valence-corrected chi connectivity index (χ4v) is 3.66. The molecule has 0 amide bonds. The molecule has 156 valence electrons. The third-order valence-electron chi connectivity index (χ3n) is 5.18.